The van der Waals surface area contributed by atoms with Crippen LogP contribution in [0.5, 0.6) is 0 Å². The first-order valence-electron chi connectivity index (χ1n) is 10.7. The summed E-state index contributed by atoms with van der Waals surface area (Å²) in [5.74, 6) is 0.939. The molecule has 1 saturated carbocycles. The van der Waals surface area contributed by atoms with E-state index in [4.69, 9.17) is 4.74 Å². The average molecular weight is 415 g/mol. The molecular formula is C24H25N5O2. The maximum absolute atomic E-state index is 12.9. The summed E-state index contributed by atoms with van der Waals surface area (Å²) < 4.78 is 5.74. The molecule has 0 spiro atoms. The van der Waals surface area contributed by atoms with E-state index in [0.717, 1.165) is 47.5 Å². The first-order valence-corrected chi connectivity index (χ1v) is 10.7. The van der Waals surface area contributed by atoms with Crippen molar-refractivity contribution < 1.29 is 9.53 Å². The molecule has 0 unspecified atom stereocenters. The van der Waals surface area contributed by atoms with E-state index in [1.54, 1.807) is 18.6 Å². The third-order valence-electron chi connectivity index (χ3n) is 6.18. The normalized spacial score (nSPS) is 22.2. The van der Waals surface area contributed by atoms with E-state index in [0.29, 0.717) is 24.6 Å². The quantitative estimate of drug-likeness (QED) is 0.644. The highest BCUT2D eigenvalue weighted by Crippen LogP contribution is 2.38. The number of anilines is 3. The van der Waals surface area contributed by atoms with Gasteiger partial charge in [-0.05, 0) is 68.0 Å². The molecule has 158 valence electrons. The Kier molecular flexibility index (Phi) is 5.34. The van der Waals surface area contributed by atoms with Crippen molar-refractivity contribution in [2.24, 2.45) is 11.8 Å². The number of ether oxygens (including phenoxy) is 1. The van der Waals surface area contributed by atoms with E-state index in [1.807, 2.05) is 43.3 Å². The van der Waals surface area contributed by atoms with Crippen LogP contribution in [-0.4, -0.2) is 33.6 Å². The van der Waals surface area contributed by atoms with E-state index in [1.165, 1.54) is 0 Å². The third-order valence-corrected chi connectivity index (χ3v) is 6.18. The molecule has 31 heavy (non-hydrogen) atoms. The molecule has 3 aromatic rings. The van der Waals surface area contributed by atoms with Gasteiger partial charge in [-0.3, -0.25) is 9.78 Å². The fourth-order valence-electron chi connectivity index (χ4n) is 4.45. The summed E-state index contributed by atoms with van der Waals surface area (Å²) in [5.41, 5.74) is 4.38. The number of aryl methyl sites for hydroxylation is 1. The lowest BCUT2D eigenvalue weighted by Crippen LogP contribution is -2.32. The van der Waals surface area contributed by atoms with E-state index in [2.05, 4.69) is 25.6 Å². The van der Waals surface area contributed by atoms with Crippen molar-refractivity contribution in [3.8, 4) is 11.3 Å². The fourth-order valence-corrected chi connectivity index (χ4v) is 4.45. The van der Waals surface area contributed by atoms with Gasteiger partial charge in [-0.1, -0.05) is 6.07 Å². The number of carbonyl (C=O) groups excluding carboxylic acids is 1. The molecule has 1 amide bonds. The highest BCUT2D eigenvalue weighted by molar-refractivity contribution is 5.93. The Balaban J connectivity index is 1.32. The number of hydrogen-bond donors (Lipinski definition) is 2. The second-order valence-electron chi connectivity index (χ2n) is 8.29. The van der Waals surface area contributed by atoms with E-state index < -0.39 is 0 Å². The standard InChI is InChI=1S/C24H25N5O2/c1-15-4-5-18(27-23(30)20-7-6-19-11-17(20)14-31-19)12-22(15)29-24-26-10-8-21(28-24)16-3-2-9-25-13-16/h2-5,8-10,12-13,17,19-20H,6-7,11,14H2,1H3,(H,27,30)(H,26,28,29)/t17-,19+,20-/m1/s1. The summed E-state index contributed by atoms with van der Waals surface area (Å²) in [5, 5.41) is 6.39. The number of fused-ring (bicyclic) bond motifs is 2. The minimum absolute atomic E-state index is 0.0240. The second kappa shape index (κ2) is 8.43. The molecule has 2 aromatic heterocycles. The monoisotopic (exact) mass is 415 g/mol. The predicted molar refractivity (Wildman–Crippen MR) is 119 cm³/mol. The first kappa shape index (κ1) is 19.6. The Bertz CT molecular complexity index is 1090. The first-order chi connectivity index (χ1) is 15.2. The van der Waals surface area contributed by atoms with Crippen LogP contribution in [0.25, 0.3) is 11.3 Å². The van der Waals surface area contributed by atoms with E-state index in [9.17, 15) is 4.79 Å². The Morgan fingerprint density at radius 3 is 2.97 bits per heavy atom. The molecule has 2 N–H and O–H groups in total. The molecule has 1 saturated heterocycles. The zero-order chi connectivity index (χ0) is 21.2. The molecule has 1 aliphatic carbocycles. The van der Waals surface area contributed by atoms with Crippen LogP contribution in [0.15, 0.2) is 55.0 Å². The molecular weight excluding hydrogens is 390 g/mol. The van der Waals surface area contributed by atoms with Gasteiger partial charge >= 0.3 is 0 Å². The summed E-state index contributed by atoms with van der Waals surface area (Å²) in [6.07, 6.45) is 8.45. The third kappa shape index (κ3) is 4.27. The van der Waals surface area contributed by atoms with Crippen molar-refractivity contribution in [1.82, 2.24) is 15.0 Å². The molecule has 0 radical (unpaired) electrons. The number of hydrogen-bond acceptors (Lipinski definition) is 6. The number of amides is 1. The minimum atomic E-state index is 0.0240. The van der Waals surface area contributed by atoms with Gasteiger partial charge in [-0.25, -0.2) is 9.97 Å². The van der Waals surface area contributed by atoms with Crippen molar-refractivity contribution in [2.75, 3.05) is 17.2 Å². The van der Waals surface area contributed by atoms with Gasteiger partial charge in [0.25, 0.3) is 0 Å². The largest absolute Gasteiger partial charge is 0.378 e. The van der Waals surface area contributed by atoms with Gasteiger partial charge in [0, 0.05) is 41.4 Å². The van der Waals surface area contributed by atoms with Crippen LogP contribution >= 0.6 is 0 Å². The molecule has 2 aliphatic rings. The van der Waals surface area contributed by atoms with Crippen molar-refractivity contribution in [3.63, 3.8) is 0 Å². The molecule has 1 aliphatic heterocycles. The Hall–Kier alpha value is -3.32. The molecule has 3 atom stereocenters. The highest BCUT2D eigenvalue weighted by atomic mass is 16.5. The number of benzene rings is 1. The molecule has 1 aromatic carbocycles. The van der Waals surface area contributed by atoms with Gasteiger partial charge in [-0.2, -0.15) is 0 Å². The van der Waals surface area contributed by atoms with Gasteiger partial charge < -0.3 is 15.4 Å². The number of carbonyl (C=O) groups is 1. The number of aromatic nitrogens is 3. The Morgan fingerprint density at radius 1 is 1.16 bits per heavy atom. The average Bonchev–Trinajstić information content (AvgIpc) is 3.17. The predicted octanol–water partition coefficient (Wildman–Crippen LogP) is 4.34. The fraction of sp³-hybridized carbons (Fsp3) is 0.333. The van der Waals surface area contributed by atoms with Crippen molar-refractivity contribution >= 4 is 23.2 Å². The van der Waals surface area contributed by atoms with Crippen molar-refractivity contribution in [3.05, 3.63) is 60.6 Å². The number of pyridine rings is 1. The maximum atomic E-state index is 12.9. The number of rotatable bonds is 5. The van der Waals surface area contributed by atoms with Gasteiger partial charge in [-0.15, -0.1) is 0 Å². The minimum Gasteiger partial charge on any atom is -0.378 e. The summed E-state index contributed by atoms with van der Waals surface area (Å²) in [6.45, 7) is 2.71. The zero-order valence-corrected chi connectivity index (χ0v) is 17.4. The van der Waals surface area contributed by atoms with E-state index >= 15 is 0 Å². The Labute approximate surface area is 181 Å². The molecule has 2 fully saturated rings. The summed E-state index contributed by atoms with van der Waals surface area (Å²) in [7, 11) is 0. The van der Waals surface area contributed by atoms with E-state index in [-0.39, 0.29) is 11.8 Å². The van der Waals surface area contributed by atoms with Crippen LogP contribution in [-0.2, 0) is 9.53 Å². The lowest BCUT2D eigenvalue weighted by atomic mass is 9.80. The molecule has 7 heteroatoms. The van der Waals surface area contributed by atoms with Gasteiger partial charge in [0.2, 0.25) is 11.9 Å². The lowest BCUT2D eigenvalue weighted by molar-refractivity contribution is -0.122. The summed E-state index contributed by atoms with van der Waals surface area (Å²) >= 11 is 0. The summed E-state index contributed by atoms with van der Waals surface area (Å²) in [6, 6.07) is 11.5. The second-order valence-corrected chi connectivity index (χ2v) is 8.29. The smallest absolute Gasteiger partial charge is 0.227 e. The Morgan fingerprint density at radius 2 is 2.10 bits per heavy atom. The molecule has 3 heterocycles. The van der Waals surface area contributed by atoms with Gasteiger partial charge in [0.15, 0.2) is 0 Å². The number of nitrogens with one attached hydrogen (secondary N) is 2. The van der Waals surface area contributed by atoms with Crippen LogP contribution in [0.3, 0.4) is 0 Å². The van der Waals surface area contributed by atoms with Crippen LogP contribution < -0.4 is 10.6 Å². The van der Waals surface area contributed by atoms with Crippen LogP contribution in [0, 0.1) is 18.8 Å². The molecule has 2 bridgehead atoms. The highest BCUT2D eigenvalue weighted by Gasteiger charge is 2.40. The summed E-state index contributed by atoms with van der Waals surface area (Å²) in [4.78, 5) is 26.0. The number of nitrogens with zero attached hydrogens (tertiary/aromatic N) is 3. The van der Waals surface area contributed by atoms with Crippen LogP contribution in [0.1, 0.15) is 24.8 Å². The van der Waals surface area contributed by atoms with Crippen LogP contribution in [0.4, 0.5) is 17.3 Å². The van der Waals surface area contributed by atoms with Crippen molar-refractivity contribution in [2.45, 2.75) is 32.3 Å². The lowest BCUT2D eigenvalue weighted by Gasteiger charge is -2.26. The van der Waals surface area contributed by atoms with Gasteiger partial charge in [0.05, 0.1) is 18.4 Å². The van der Waals surface area contributed by atoms with Crippen molar-refractivity contribution in [1.29, 1.82) is 0 Å². The zero-order valence-electron chi connectivity index (χ0n) is 17.4. The molecule has 7 nitrogen and oxygen atoms in total. The maximum Gasteiger partial charge on any atom is 0.227 e. The van der Waals surface area contributed by atoms with Crippen LogP contribution in [0.2, 0.25) is 0 Å². The molecule has 5 rings (SSSR count). The SMILES string of the molecule is Cc1ccc(NC(=O)[C@@H]2CC[C@H]3C[C@@H]2CO3)cc1Nc1nccc(-c2cccnc2)n1. The van der Waals surface area contributed by atoms with Gasteiger partial charge in [0.1, 0.15) is 0 Å². The topological polar surface area (TPSA) is 89.0 Å².